The molecule has 0 saturated carbocycles. The van der Waals surface area contributed by atoms with E-state index in [1.807, 2.05) is 6.26 Å². The molecule has 1 aromatic carbocycles. The molecule has 2 rings (SSSR count). The number of anilines is 1. The van der Waals surface area contributed by atoms with E-state index in [-0.39, 0.29) is 30.1 Å². The summed E-state index contributed by atoms with van der Waals surface area (Å²) in [5.41, 5.74) is 2.59. The van der Waals surface area contributed by atoms with E-state index in [0.717, 1.165) is 19.6 Å². The zero-order chi connectivity index (χ0) is 16.8. The van der Waals surface area contributed by atoms with E-state index >= 15 is 0 Å². The molecule has 2 N–H and O–H groups in total. The quantitative estimate of drug-likeness (QED) is 0.800. The largest absolute Gasteiger partial charge is 0.395 e. The predicted molar refractivity (Wildman–Crippen MR) is 99.4 cm³/mol. The maximum absolute atomic E-state index is 9.43. The zero-order valence-corrected chi connectivity index (χ0v) is 15.5. The molecule has 23 heavy (non-hydrogen) atoms. The summed E-state index contributed by atoms with van der Waals surface area (Å²) in [6, 6.07) is 8.85. The first-order valence-corrected chi connectivity index (χ1v) is 9.69. The van der Waals surface area contributed by atoms with Gasteiger partial charge in [0, 0.05) is 36.6 Å². The van der Waals surface area contributed by atoms with E-state index in [1.54, 1.807) is 11.8 Å². The Morgan fingerprint density at radius 1 is 1.30 bits per heavy atom. The average molecular weight is 339 g/mol. The van der Waals surface area contributed by atoms with Gasteiger partial charge in [0.05, 0.1) is 18.8 Å². The number of para-hydroxylation sites is 1. The van der Waals surface area contributed by atoms with Crippen LogP contribution in [0.1, 0.15) is 26.3 Å². The predicted octanol–water partition coefficient (Wildman–Crippen LogP) is 2.50. The van der Waals surface area contributed by atoms with Crippen molar-refractivity contribution in [1.29, 1.82) is 0 Å². The summed E-state index contributed by atoms with van der Waals surface area (Å²) in [5, 5.41) is 13.2. The van der Waals surface area contributed by atoms with Crippen LogP contribution in [0.3, 0.4) is 0 Å². The molecule has 1 heterocycles. The lowest BCUT2D eigenvalue weighted by Crippen LogP contribution is -2.46. The molecule has 0 aromatic heterocycles. The number of hydrogen-bond donors (Lipinski definition) is 2. The molecule has 0 spiro atoms. The number of hydrogen-bond acceptors (Lipinski definition) is 5. The van der Waals surface area contributed by atoms with Crippen molar-refractivity contribution in [1.82, 2.24) is 5.32 Å². The number of ether oxygens (including phenoxy) is 1. The monoisotopic (exact) mass is 338 g/mol. The van der Waals surface area contributed by atoms with Crippen LogP contribution in [-0.4, -0.2) is 54.6 Å². The van der Waals surface area contributed by atoms with E-state index in [4.69, 9.17) is 4.74 Å². The first kappa shape index (κ1) is 18.6. The van der Waals surface area contributed by atoms with Crippen LogP contribution in [0.4, 0.5) is 5.69 Å². The minimum atomic E-state index is 0.204. The maximum atomic E-state index is 9.43. The summed E-state index contributed by atoms with van der Waals surface area (Å²) in [5.74, 6) is 0. The van der Waals surface area contributed by atoms with Crippen LogP contribution in [0.15, 0.2) is 24.3 Å². The number of aliphatic hydroxyl groups is 1. The highest BCUT2D eigenvalue weighted by atomic mass is 32.2. The summed E-state index contributed by atoms with van der Waals surface area (Å²) in [7, 11) is 0. The fourth-order valence-electron chi connectivity index (χ4n) is 3.18. The van der Waals surface area contributed by atoms with Gasteiger partial charge in [-0.3, -0.25) is 0 Å². The Labute approximate surface area is 144 Å². The molecule has 0 unspecified atom stereocenters. The van der Waals surface area contributed by atoms with Crippen LogP contribution in [0.2, 0.25) is 0 Å². The summed E-state index contributed by atoms with van der Waals surface area (Å²) in [6.07, 6.45) is 2.56. The standard InChI is InChI=1S/C18H30N2O2S/c1-13-10-20(11-14(2)22-13)17-8-6-5-7-16(17)9-19-15(3)18(12-21)23-4/h5-8,13-15,18-19,21H,9-12H2,1-4H3/t13-,14-,15+,18-/m1/s1. The van der Waals surface area contributed by atoms with Gasteiger partial charge in [0.2, 0.25) is 0 Å². The van der Waals surface area contributed by atoms with E-state index in [1.165, 1.54) is 11.3 Å². The van der Waals surface area contributed by atoms with Gasteiger partial charge in [-0.25, -0.2) is 0 Å². The van der Waals surface area contributed by atoms with Crippen LogP contribution in [0.5, 0.6) is 0 Å². The number of rotatable bonds is 7. The lowest BCUT2D eigenvalue weighted by atomic mass is 10.1. The summed E-state index contributed by atoms with van der Waals surface area (Å²) < 4.78 is 5.85. The zero-order valence-electron chi connectivity index (χ0n) is 14.7. The molecule has 0 amide bonds. The minimum absolute atomic E-state index is 0.204. The second-order valence-electron chi connectivity index (χ2n) is 6.42. The maximum Gasteiger partial charge on any atom is 0.0726 e. The molecule has 4 atom stereocenters. The summed E-state index contributed by atoms with van der Waals surface area (Å²) >= 11 is 1.71. The van der Waals surface area contributed by atoms with Gasteiger partial charge in [0.25, 0.3) is 0 Å². The van der Waals surface area contributed by atoms with Crippen molar-refractivity contribution in [2.45, 2.75) is 50.8 Å². The van der Waals surface area contributed by atoms with Crippen molar-refractivity contribution in [2.75, 3.05) is 30.9 Å². The van der Waals surface area contributed by atoms with Gasteiger partial charge in [-0.05, 0) is 38.7 Å². The van der Waals surface area contributed by atoms with Crippen molar-refractivity contribution in [2.24, 2.45) is 0 Å². The Morgan fingerprint density at radius 3 is 2.57 bits per heavy atom. The lowest BCUT2D eigenvalue weighted by molar-refractivity contribution is -0.00526. The Balaban J connectivity index is 2.05. The number of thioether (sulfide) groups is 1. The van der Waals surface area contributed by atoms with Crippen LogP contribution in [0, 0.1) is 0 Å². The molecule has 0 bridgehead atoms. The SMILES string of the molecule is CS[C@H](CO)[C@H](C)NCc1ccccc1N1C[C@@H](C)O[C@H](C)C1. The van der Waals surface area contributed by atoms with Crippen molar-refractivity contribution in [3.05, 3.63) is 29.8 Å². The first-order chi connectivity index (χ1) is 11.0. The third kappa shape index (κ3) is 5.11. The van der Waals surface area contributed by atoms with Gasteiger partial charge in [0.1, 0.15) is 0 Å². The number of benzene rings is 1. The molecule has 4 nitrogen and oxygen atoms in total. The molecule has 0 radical (unpaired) electrons. The van der Waals surface area contributed by atoms with Crippen LogP contribution in [-0.2, 0) is 11.3 Å². The fourth-order valence-corrected chi connectivity index (χ4v) is 3.84. The number of morpholine rings is 1. The Morgan fingerprint density at radius 2 is 1.96 bits per heavy atom. The molecule has 1 saturated heterocycles. The topological polar surface area (TPSA) is 44.7 Å². The van der Waals surface area contributed by atoms with Gasteiger partial charge >= 0.3 is 0 Å². The number of aliphatic hydroxyl groups excluding tert-OH is 1. The second-order valence-corrected chi connectivity index (χ2v) is 7.49. The van der Waals surface area contributed by atoms with E-state index in [9.17, 15) is 5.11 Å². The first-order valence-electron chi connectivity index (χ1n) is 8.40. The van der Waals surface area contributed by atoms with Crippen molar-refractivity contribution in [3.8, 4) is 0 Å². The highest BCUT2D eigenvalue weighted by Gasteiger charge is 2.24. The lowest BCUT2D eigenvalue weighted by Gasteiger charge is -2.38. The number of nitrogens with one attached hydrogen (secondary N) is 1. The molecule has 1 fully saturated rings. The minimum Gasteiger partial charge on any atom is -0.395 e. The third-order valence-electron chi connectivity index (χ3n) is 4.41. The van der Waals surface area contributed by atoms with E-state index in [2.05, 4.69) is 55.3 Å². The van der Waals surface area contributed by atoms with Gasteiger partial charge in [-0.15, -0.1) is 0 Å². The van der Waals surface area contributed by atoms with Crippen LogP contribution < -0.4 is 10.2 Å². The smallest absolute Gasteiger partial charge is 0.0726 e. The molecule has 1 aromatic rings. The molecule has 1 aliphatic rings. The van der Waals surface area contributed by atoms with E-state index in [0.29, 0.717) is 0 Å². The average Bonchev–Trinajstić information content (AvgIpc) is 2.53. The summed E-state index contributed by atoms with van der Waals surface area (Å²) in [4.78, 5) is 2.43. The molecule has 5 heteroatoms. The highest BCUT2D eigenvalue weighted by molar-refractivity contribution is 7.99. The normalized spacial score (nSPS) is 24.5. The molecular weight excluding hydrogens is 308 g/mol. The van der Waals surface area contributed by atoms with Crippen LogP contribution in [0.25, 0.3) is 0 Å². The Kier molecular flexibility index (Phi) is 7.21. The fraction of sp³-hybridized carbons (Fsp3) is 0.667. The van der Waals surface area contributed by atoms with Crippen molar-refractivity contribution in [3.63, 3.8) is 0 Å². The van der Waals surface area contributed by atoms with E-state index < -0.39 is 0 Å². The Bertz CT molecular complexity index is 472. The van der Waals surface area contributed by atoms with Gasteiger partial charge in [-0.1, -0.05) is 18.2 Å². The highest BCUT2D eigenvalue weighted by Crippen LogP contribution is 2.24. The second kappa shape index (κ2) is 8.92. The third-order valence-corrected chi connectivity index (χ3v) is 5.57. The molecule has 1 aliphatic heterocycles. The van der Waals surface area contributed by atoms with Gasteiger partial charge < -0.3 is 20.1 Å². The molecule has 130 valence electrons. The summed E-state index contributed by atoms with van der Waals surface area (Å²) in [6.45, 7) is 9.29. The van der Waals surface area contributed by atoms with Gasteiger partial charge in [0.15, 0.2) is 0 Å². The van der Waals surface area contributed by atoms with Crippen molar-refractivity contribution >= 4 is 17.4 Å². The van der Waals surface area contributed by atoms with Gasteiger partial charge in [-0.2, -0.15) is 11.8 Å². The molecule has 0 aliphatic carbocycles. The number of nitrogens with zero attached hydrogens (tertiary/aromatic N) is 1. The van der Waals surface area contributed by atoms with Crippen molar-refractivity contribution < 1.29 is 9.84 Å². The molecular formula is C18H30N2O2S. The Hall–Kier alpha value is -0.750. The van der Waals surface area contributed by atoms with Crippen LogP contribution >= 0.6 is 11.8 Å².